The van der Waals surface area contributed by atoms with Crippen molar-refractivity contribution in [2.24, 2.45) is 0 Å². The number of para-hydroxylation sites is 1. The Kier molecular flexibility index (Phi) is 8.30. The number of rotatable bonds is 9. The summed E-state index contributed by atoms with van der Waals surface area (Å²) >= 11 is 0. The molecule has 1 heterocycles. The van der Waals surface area contributed by atoms with E-state index in [-0.39, 0.29) is 28.6 Å². The molecule has 0 aliphatic rings. The van der Waals surface area contributed by atoms with Crippen molar-refractivity contribution in [2.75, 3.05) is 17.1 Å². The lowest BCUT2D eigenvalue weighted by molar-refractivity contribution is -0.117. The van der Waals surface area contributed by atoms with E-state index < -0.39 is 32.5 Å². The van der Waals surface area contributed by atoms with Crippen LogP contribution >= 0.6 is 0 Å². The zero-order valence-electron chi connectivity index (χ0n) is 23.3. The van der Waals surface area contributed by atoms with Gasteiger partial charge >= 0.3 is 0 Å². The number of nitrogens with one attached hydrogen (secondary N) is 2. The number of hydrogen-bond donors (Lipinski definition) is 2. The van der Waals surface area contributed by atoms with Crippen molar-refractivity contribution in [2.45, 2.75) is 11.4 Å². The largest absolute Gasteiger partial charge is 0.348 e. The second-order valence-corrected chi connectivity index (χ2v) is 13.4. The third kappa shape index (κ3) is 6.51. The number of amides is 2. The van der Waals surface area contributed by atoms with E-state index in [0.29, 0.717) is 27.3 Å². The summed E-state index contributed by atoms with van der Waals surface area (Å²) in [5, 5.41) is 13.4. The highest BCUT2D eigenvalue weighted by atomic mass is 32.2. The predicted octanol–water partition coefficient (Wildman–Crippen LogP) is 3.46. The third-order valence-corrected chi connectivity index (χ3v) is 9.09. The number of nitrogens with zero attached hydrogens (tertiary/aromatic N) is 3. The first-order valence-electron chi connectivity index (χ1n) is 13.1. The monoisotopic (exact) mass is 627 g/mol. The smallest absolute Gasteiger partial charge is 0.266 e. The van der Waals surface area contributed by atoms with E-state index in [1.807, 2.05) is 10.8 Å². The van der Waals surface area contributed by atoms with Crippen molar-refractivity contribution in [3.05, 3.63) is 114 Å². The van der Waals surface area contributed by atoms with Gasteiger partial charge in [-0.3, -0.25) is 23.6 Å². The number of benzene rings is 4. The average Bonchev–Trinajstić information content (AvgIpc) is 3.01. The lowest BCUT2D eigenvalue weighted by Crippen LogP contribution is -2.42. The normalized spacial score (nSPS) is 11.5. The topological polar surface area (TPSA) is 166 Å². The van der Waals surface area contributed by atoms with Gasteiger partial charge in [0.05, 0.1) is 29.1 Å². The van der Waals surface area contributed by atoms with E-state index in [1.54, 1.807) is 72.8 Å². The number of hydrogen-bond acceptors (Lipinski definition) is 8. The van der Waals surface area contributed by atoms with Gasteiger partial charge in [0.2, 0.25) is 10.0 Å². The average molecular weight is 628 g/mol. The Hall–Kier alpha value is -5.32. The molecule has 5 aromatic rings. The van der Waals surface area contributed by atoms with Gasteiger partial charge in [-0.25, -0.2) is 16.8 Å². The van der Waals surface area contributed by atoms with Crippen LogP contribution in [0.3, 0.4) is 0 Å². The fraction of sp³-hybridized carbons (Fsp3) is 0.0968. The Balaban J connectivity index is 1.52. The van der Waals surface area contributed by atoms with Gasteiger partial charge in [0, 0.05) is 23.7 Å². The number of pyridine rings is 1. The maximum absolute atomic E-state index is 14.1. The number of anilines is 1. The summed E-state index contributed by atoms with van der Waals surface area (Å²) in [6.07, 6.45) is 2.24. The van der Waals surface area contributed by atoms with Crippen molar-refractivity contribution in [1.82, 2.24) is 15.0 Å². The van der Waals surface area contributed by atoms with Crippen LogP contribution in [0.4, 0.5) is 5.69 Å². The molecule has 44 heavy (non-hydrogen) atoms. The second kappa shape index (κ2) is 12.1. The van der Waals surface area contributed by atoms with Crippen LogP contribution in [-0.2, 0) is 31.4 Å². The summed E-state index contributed by atoms with van der Waals surface area (Å²) in [7, 11) is -8.42. The highest BCUT2D eigenvalue weighted by molar-refractivity contribution is 7.93. The number of nitriles is 1. The minimum Gasteiger partial charge on any atom is -0.348 e. The molecule has 0 fully saturated rings. The van der Waals surface area contributed by atoms with E-state index in [9.17, 15) is 26.4 Å². The van der Waals surface area contributed by atoms with Gasteiger partial charge in [-0.05, 0) is 58.8 Å². The van der Waals surface area contributed by atoms with Crippen LogP contribution in [0.25, 0.3) is 21.7 Å². The maximum atomic E-state index is 14.1. The quantitative estimate of drug-likeness (QED) is 0.251. The van der Waals surface area contributed by atoms with Crippen molar-refractivity contribution < 1.29 is 26.4 Å². The number of carbonyl (C=O) groups excluding carboxylic acids is 2. The maximum Gasteiger partial charge on any atom is 0.266 e. The molecule has 2 N–H and O–H groups in total. The Morgan fingerprint density at radius 2 is 1.59 bits per heavy atom. The summed E-state index contributed by atoms with van der Waals surface area (Å²) in [4.78, 5) is 29.9. The molecule has 0 radical (unpaired) electrons. The summed E-state index contributed by atoms with van der Waals surface area (Å²) in [6.45, 7) is -0.617. The fourth-order valence-corrected chi connectivity index (χ4v) is 6.75. The molecule has 2 amide bonds. The molecule has 222 valence electrons. The molecule has 11 nitrogen and oxygen atoms in total. The molecular formula is C31H25N5O6S2. The Labute approximate surface area is 253 Å². The van der Waals surface area contributed by atoms with Crippen LogP contribution in [0.1, 0.15) is 21.5 Å². The Morgan fingerprint density at radius 1 is 0.886 bits per heavy atom. The number of fused-ring (bicyclic) bond motifs is 2. The summed E-state index contributed by atoms with van der Waals surface area (Å²) in [5.41, 5.74) is 1.91. The molecule has 0 atom stereocenters. The molecule has 0 unspecified atom stereocenters. The van der Waals surface area contributed by atoms with E-state index in [1.165, 1.54) is 24.4 Å². The van der Waals surface area contributed by atoms with E-state index >= 15 is 0 Å². The van der Waals surface area contributed by atoms with Crippen LogP contribution in [0.5, 0.6) is 0 Å². The van der Waals surface area contributed by atoms with Gasteiger partial charge in [0.25, 0.3) is 21.8 Å². The molecular weight excluding hydrogens is 603 g/mol. The van der Waals surface area contributed by atoms with Crippen LogP contribution < -0.4 is 14.3 Å². The zero-order chi connectivity index (χ0) is 31.5. The molecule has 13 heteroatoms. The first-order valence-corrected chi connectivity index (χ1v) is 16.5. The molecule has 0 aliphatic carbocycles. The molecule has 0 bridgehead atoms. The van der Waals surface area contributed by atoms with Gasteiger partial charge in [-0.2, -0.15) is 5.26 Å². The third-order valence-electron chi connectivity index (χ3n) is 6.68. The zero-order valence-corrected chi connectivity index (χ0v) is 24.9. The predicted molar refractivity (Wildman–Crippen MR) is 166 cm³/mol. The lowest BCUT2D eigenvalue weighted by atomic mass is 10.0. The summed E-state index contributed by atoms with van der Waals surface area (Å²) in [6, 6.07) is 26.3. The van der Waals surface area contributed by atoms with Crippen LogP contribution in [0, 0.1) is 11.3 Å². The van der Waals surface area contributed by atoms with Crippen LogP contribution in [-0.4, -0.2) is 46.4 Å². The molecule has 0 spiro atoms. The van der Waals surface area contributed by atoms with Crippen molar-refractivity contribution in [3.8, 4) is 6.07 Å². The lowest BCUT2D eigenvalue weighted by Gasteiger charge is -2.25. The number of aromatic nitrogens is 1. The molecule has 0 saturated carbocycles. The van der Waals surface area contributed by atoms with Gasteiger partial charge in [-0.15, -0.1) is 0 Å². The minimum absolute atomic E-state index is 0.0734. The second-order valence-electron chi connectivity index (χ2n) is 9.84. The van der Waals surface area contributed by atoms with Crippen molar-refractivity contribution in [1.29, 1.82) is 5.26 Å². The molecule has 1 aromatic heterocycles. The number of sulfonamides is 2. The summed E-state index contributed by atoms with van der Waals surface area (Å²) < 4.78 is 54.3. The van der Waals surface area contributed by atoms with Gasteiger partial charge in [0.1, 0.15) is 11.4 Å². The van der Waals surface area contributed by atoms with E-state index in [0.717, 1.165) is 16.1 Å². The Morgan fingerprint density at radius 3 is 2.32 bits per heavy atom. The van der Waals surface area contributed by atoms with Crippen molar-refractivity contribution in [3.63, 3.8) is 0 Å². The van der Waals surface area contributed by atoms with Crippen LogP contribution in [0.2, 0.25) is 0 Å². The molecule has 0 aliphatic heterocycles. The fourth-order valence-electron chi connectivity index (χ4n) is 4.69. The van der Waals surface area contributed by atoms with E-state index in [2.05, 4.69) is 10.3 Å². The highest BCUT2D eigenvalue weighted by Gasteiger charge is 2.30. The first kappa shape index (κ1) is 30.1. The summed E-state index contributed by atoms with van der Waals surface area (Å²) in [5.74, 6) is -1.42. The highest BCUT2D eigenvalue weighted by Crippen LogP contribution is 2.31. The molecule has 0 saturated heterocycles. The Bertz CT molecular complexity index is 2170. The standard InChI is InChI=1S/C31H25N5O6S2/c1-43(39,40)35-29(37)20-36(44(41,42)28-9-3-5-23-7-4-16-33-30(23)28)25-14-15-26-24(17-25)6-2-8-27(26)31(38)34-19-22-12-10-21(18-32)11-13-22/h2-17H,19-20H2,1H3,(H,34,38)(H,35,37). The SMILES string of the molecule is CS(=O)(=O)NC(=O)CN(c1ccc2c(C(=O)NCc3ccc(C#N)cc3)cccc2c1)S(=O)(=O)c1cccc2cccnc12. The van der Waals surface area contributed by atoms with Gasteiger partial charge in [-0.1, -0.05) is 48.5 Å². The van der Waals surface area contributed by atoms with E-state index in [4.69, 9.17) is 5.26 Å². The molecule has 4 aromatic carbocycles. The molecule has 5 rings (SSSR count). The van der Waals surface area contributed by atoms with Crippen LogP contribution in [0.15, 0.2) is 102 Å². The van der Waals surface area contributed by atoms with Gasteiger partial charge in [0.15, 0.2) is 0 Å². The number of carbonyl (C=O) groups is 2. The first-order chi connectivity index (χ1) is 21.0. The van der Waals surface area contributed by atoms with Gasteiger partial charge < -0.3 is 5.32 Å². The minimum atomic E-state index is -4.46. The van der Waals surface area contributed by atoms with Crippen molar-refractivity contribution >= 4 is 59.2 Å².